The molecule has 0 radical (unpaired) electrons. The zero-order chi connectivity index (χ0) is 24.3. The fourth-order valence-corrected chi connectivity index (χ4v) is 5.14. The quantitative estimate of drug-likeness (QED) is 0.175. The Labute approximate surface area is 218 Å². The van der Waals surface area contributed by atoms with Crippen LogP contribution in [0.1, 0.15) is 11.1 Å². The Bertz CT molecular complexity index is 1210. The summed E-state index contributed by atoms with van der Waals surface area (Å²) in [6.45, 7) is 0. The summed E-state index contributed by atoms with van der Waals surface area (Å²) in [6, 6.07) is 35.5. The molecule has 0 aromatic heterocycles. The number of hydrogen-bond donors (Lipinski definition) is 0. The summed E-state index contributed by atoms with van der Waals surface area (Å²) in [5, 5.41) is -0.00832. The molecule has 0 aliphatic heterocycles. The number of benzene rings is 4. The molecule has 0 N–H and O–H groups in total. The van der Waals surface area contributed by atoms with Gasteiger partial charge in [-0.1, -0.05) is 84.6 Å². The molecule has 0 heterocycles. The lowest BCUT2D eigenvalue weighted by Crippen LogP contribution is -1.85. The maximum Gasteiger partial charge on any atom is 0.216 e. The molecule has 0 saturated carbocycles. The predicted molar refractivity (Wildman–Crippen MR) is 150 cm³/mol. The molecule has 4 aromatic carbocycles. The molecule has 0 bridgehead atoms. The third kappa shape index (κ3) is 8.48. The van der Waals surface area contributed by atoms with Gasteiger partial charge < -0.3 is 0 Å². The molecule has 4 aromatic rings. The zero-order valence-electron chi connectivity index (χ0n) is 18.7. The van der Waals surface area contributed by atoms with Crippen molar-refractivity contribution in [3.05, 3.63) is 132 Å². The lowest BCUT2D eigenvalue weighted by atomic mass is 10.2. The molecule has 2 nitrogen and oxygen atoms in total. The molecule has 0 unspecified atom stereocenters. The van der Waals surface area contributed by atoms with E-state index in [1.807, 2.05) is 121 Å². The van der Waals surface area contributed by atoms with Gasteiger partial charge in [-0.2, -0.15) is 0 Å². The van der Waals surface area contributed by atoms with Gasteiger partial charge in [0.05, 0.1) is 0 Å². The highest BCUT2D eigenvalue weighted by atomic mass is 32.2. The van der Waals surface area contributed by atoms with E-state index in [4.69, 9.17) is 0 Å². The molecule has 0 aliphatic rings. The second-order valence-electron chi connectivity index (χ2n) is 7.38. The van der Waals surface area contributed by atoms with Gasteiger partial charge in [-0.15, -0.1) is 0 Å². The fourth-order valence-electron chi connectivity index (χ4n) is 3.04. The molecule has 5 heteroatoms. The second kappa shape index (κ2) is 13.0. The first-order valence-electron chi connectivity index (χ1n) is 10.9. The van der Waals surface area contributed by atoms with E-state index in [9.17, 15) is 9.59 Å². The summed E-state index contributed by atoms with van der Waals surface area (Å²) in [5.74, 6) is 0. The summed E-state index contributed by atoms with van der Waals surface area (Å²) in [5.41, 5.74) is 2.01. The average Bonchev–Trinajstić information content (AvgIpc) is 2.90. The zero-order valence-corrected chi connectivity index (χ0v) is 21.2. The SMILES string of the molecule is O=C(C=Cc1ccccc1)Sc1ccc(Sc2ccc(SC(=O)C=Cc3ccccc3)cc2)cc1. The molecule has 0 spiro atoms. The van der Waals surface area contributed by atoms with Crippen molar-refractivity contribution in [1.29, 1.82) is 0 Å². The smallest absolute Gasteiger partial charge is 0.216 e. The summed E-state index contributed by atoms with van der Waals surface area (Å²) in [4.78, 5) is 28.4. The normalized spacial score (nSPS) is 11.2. The lowest BCUT2D eigenvalue weighted by Gasteiger charge is -2.04. The van der Waals surface area contributed by atoms with E-state index in [0.29, 0.717) is 0 Å². The monoisotopic (exact) mass is 510 g/mol. The molecule has 0 saturated heterocycles. The van der Waals surface area contributed by atoms with Crippen LogP contribution in [0.2, 0.25) is 0 Å². The Balaban J connectivity index is 1.27. The van der Waals surface area contributed by atoms with E-state index in [2.05, 4.69) is 0 Å². The Morgan fingerprint density at radius 2 is 0.800 bits per heavy atom. The van der Waals surface area contributed by atoms with Gasteiger partial charge in [-0.3, -0.25) is 9.59 Å². The van der Waals surface area contributed by atoms with E-state index in [1.54, 1.807) is 23.9 Å². The van der Waals surface area contributed by atoms with E-state index in [1.165, 1.54) is 23.5 Å². The third-order valence-electron chi connectivity index (χ3n) is 4.74. The van der Waals surface area contributed by atoms with Crippen molar-refractivity contribution >= 4 is 57.7 Å². The van der Waals surface area contributed by atoms with Gasteiger partial charge in [-0.05, 0) is 95.3 Å². The molecular weight excluding hydrogens is 489 g/mol. The minimum atomic E-state index is -0.00416. The minimum Gasteiger partial charge on any atom is -0.282 e. The van der Waals surface area contributed by atoms with Crippen molar-refractivity contribution in [2.24, 2.45) is 0 Å². The van der Waals surface area contributed by atoms with Crippen LogP contribution in [0.4, 0.5) is 0 Å². The van der Waals surface area contributed by atoms with Crippen LogP contribution in [0.25, 0.3) is 12.2 Å². The average molecular weight is 511 g/mol. The summed E-state index contributed by atoms with van der Waals surface area (Å²) < 4.78 is 0. The summed E-state index contributed by atoms with van der Waals surface area (Å²) in [7, 11) is 0. The third-order valence-corrected chi connectivity index (χ3v) is 7.45. The van der Waals surface area contributed by atoms with E-state index >= 15 is 0 Å². The number of thioether (sulfide) groups is 2. The topological polar surface area (TPSA) is 34.1 Å². The molecule has 0 aliphatic carbocycles. The van der Waals surface area contributed by atoms with Crippen LogP contribution in [0.5, 0.6) is 0 Å². The van der Waals surface area contributed by atoms with E-state index < -0.39 is 0 Å². The van der Waals surface area contributed by atoms with Crippen LogP contribution in [0.15, 0.2) is 141 Å². The molecule has 0 atom stereocenters. The van der Waals surface area contributed by atoms with Crippen LogP contribution < -0.4 is 0 Å². The fraction of sp³-hybridized carbons (Fsp3) is 0. The maximum atomic E-state index is 12.2. The van der Waals surface area contributed by atoms with Gasteiger partial charge in [0.25, 0.3) is 0 Å². The molecule has 172 valence electrons. The van der Waals surface area contributed by atoms with Crippen molar-refractivity contribution in [3.8, 4) is 0 Å². The molecule has 0 amide bonds. The van der Waals surface area contributed by atoms with Crippen LogP contribution in [-0.2, 0) is 9.59 Å². The van der Waals surface area contributed by atoms with Crippen molar-refractivity contribution in [2.75, 3.05) is 0 Å². The van der Waals surface area contributed by atoms with Gasteiger partial charge in [0.2, 0.25) is 10.2 Å². The van der Waals surface area contributed by atoms with Crippen LogP contribution in [0, 0.1) is 0 Å². The van der Waals surface area contributed by atoms with Crippen molar-refractivity contribution in [2.45, 2.75) is 19.6 Å². The van der Waals surface area contributed by atoms with E-state index in [-0.39, 0.29) is 10.2 Å². The standard InChI is InChI=1S/C30H22O2S3/c31-29(21-11-23-7-3-1-4-8-23)34-27-17-13-25(14-18-27)33-26-15-19-28(20-16-26)35-30(32)22-12-24-9-5-2-6-10-24/h1-22H. The highest BCUT2D eigenvalue weighted by Gasteiger charge is 2.05. The number of hydrogen-bond acceptors (Lipinski definition) is 5. The van der Waals surface area contributed by atoms with Crippen LogP contribution in [-0.4, -0.2) is 10.2 Å². The minimum absolute atomic E-state index is 0.00416. The Hall–Kier alpha value is -3.25. The van der Waals surface area contributed by atoms with Gasteiger partial charge >= 0.3 is 0 Å². The number of rotatable bonds is 8. The van der Waals surface area contributed by atoms with Crippen LogP contribution in [0.3, 0.4) is 0 Å². The Morgan fingerprint density at radius 3 is 1.17 bits per heavy atom. The Kier molecular flexibility index (Phi) is 9.24. The number of carbonyl (C=O) groups is 2. The van der Waals surface area contributed by atoms with Gasteiger partial charge in [0.15, 0.2) is 0 Å². The largest absolute Gasteiger partial charge is 0.282 e. The van der Waals surface area contributed by atoms with Crippen molar-refractivity contribution < 1.29 is 9.59 Å². The second-order valence-corrected chi connectivity index (χ2v) is 10.7. The maximum absolute atomic E-state index is 12.2. The molecule has 0 fully saturated rings. The van der Waals surface area contributed by atoms with Crippen molar-refractivity contribution in [3.63, 3.8) is 0 Å². The van der Waals surface area contributed by atoms with Gasteiger partial charge in [0.1, 0.15) is 0 Å². The summed E-state index contributed by atoms with van der Waals surface area (Å²) in [6.07, 6.45) is 6.86. The van der Waals surface area contributed by atoms with Crippen molar-refractivity contribution in [1.82, 2.24) is 0 Å². The highest BCUT2D eigenvalue weighted by molar-refractivity contribution is 8.14. The predicted octanol–water partition coefficient (Wildman–Crippen LogP) is 8.50. The van der Waals surface area contributed by atoms with Crippen LogP contribution >= 0.6 is 35.3 Å². The van der Waals surface area contributed by atoms with Gasteiger partial charge in [-0.25, -0.2) is 0 Å². The first-order chi connectivity index (χ1) is 17.1. The van der Waals surface area contributed by atoms with Gasteiger partial charge in [0, 0.05) is 19.6 Å². The highest BCUT2D eigenvalue weighted by Crippen LogP contribution is 2.31. The molecule has 4 rings (SSSR count). The first-order valence-corrected chi connectivity index (χ1v) is 13.4. The molecular formula is C30H22O2S3. The van der Waals surface area contributed by atoms with E-state index in [0.717, 1.165) is 30.7 Å². The first kappa shape index (κ1) is 24.9. The summed E-state index contributed by atoms with van der Waals surface area (Å²) >= 11 is 4.07. The Morgan fingerprint density at radius 1 is 0.457 bits per heavy atom. The number of carbonyl (C=O) groups excluding carboxylic acids is 2. The lowest BCUT2D eigenvalue weighted by molar-refractivity contribution is -0.107. The molecule has 35 heavy (non-hydrogen) atoms.